The van der Waals surface area contributed by atoms with Crippen LogP contribution in [0.5, 0.6) is 0 Å². The molecule has 106 valence electrons. The molecule has 0 saturated carbocycles. The Morgan fingerprint density at radius 1 is 1.15 bits per heavy atom. The number of anilines is 2. The third kappa shape index (κ3) is 3.69. The zero-order chi connectivity index (χ0) is 14.8. The predicted molar refractivity (Wildman–Crippen MR) is 73.8 cm³/mol. The Kier molecular flexibility index (Phi) is 4.27. The smallest absolute Gasteiger partial charge is 0.340 e. The Morgan fingerprint density at radius 3 is 2.35 bits per heavy atom. The first-order valence-electron chi connectivity index (χ1n) is 5.86. The van der Waals surface area contributed by atoms with Crippen molar-refractivity contribution in [2.24, 2.45) is 0 Å². The lowest BCUT2D eigenvalue weighted by atomic mass is 10.2. The fraction of sp³-hybridized carbons (Fsp3) is 0.231. The molecule has 1 N–H and O–H groups in total. The number of hydrogen-bond acceptors (Lipinski definition) is 3. The van der Waals surface area contributed by atoms with E-state index in [1.54, 1.807) is 6.07 Å². The van der Waals surface area contributed by atoms with E-state index in [0.29, 0.717) is 28.4 Å². The average Bonchev–Trinajstić information content (AvgIpc) is 2.37. The molecular formula is C13H11BrF3N3. The van der Waals surface area contributed by atoms with Gasteiger partial charge in [-0.15, -0.1) is 0 Å². The van der Waals surface area contributed by atoms with Crippen LogP contribution < -0.4 is 5.32 Å². The second-order valence-electron chi connectivity index (χ2n) is 4.05. The second-order valence-corrected chi connectivity index (χ2v) is 4.86. The number of aryl methyl sites for hydroxylation is 1. The molecule has 0 aliphatic carbocycles. The van der Waals surface area contributed by atoms with E-state index in [4.69, 9.17) is 0 Å². The zero-order valence-electron chi connectivity index (χ0n) is 10.5. The summed E-state index contributed by atoms with van der Waals surface area (Å²) in [6.45, 7) is 1.92. The molecule has 0 radical (unpaired) electrons. The van der Waals surface area contributed by atoms with E-state index in [0.717, 1.165) is 12.1 Å². The van der Waals surface area contributed by atoms with Gasteiger partial charge in [-0.25, -0.2) is 9.97 Å². The van der Waals surface area contributed by atoms with Gasteiger partial charge in [-0.05, 0) is 40.2 Å². The molecule has 0 aliphatic rings. The first-order chi connectivity index (χ1) is 9.38. The monoisotopic (exact) mass is 345 g/mol. The molecule has 0 spiro atoms. The SMILES string of the molecule is CCc1nc(Br)cc(Nc2ccc(C(F)(F)F)cc2)n1. The number of aromatic nitrogens is 2. The molecule has 0 aliphatic heterocycles. The maximum Gasteiger partial charge on any atom is 0.416 e. The maximum absolute atomic E-state index is 12.5. The number of halogens is 4. The van der Waals surface area contributed by atoms with Crippen LogP contribution >= 0.6 is 15.9 Å². The molecule has 20 heavy (non-hydrogen) atoms. The number of nitrogens with zero attached hydrogens (tertiary/aromatic N) is 2. The highest BCUT2D eigenvalue weighted by Crippen LogP contribution is 2.30. The van der Waals surface area contributed by atoms with Crippen molar-refractivity contribution in [2.75, 3.05) is 5.32 Å². The highest BCUT2D eigenvalue weighted by Gasteiger charge is 2.29. The van der Waals surface area contributed by atoms with E-state index in [1.807, 2.05) is 6.92 Å². The van der Waals surface area contributed by atoms with E-state index < -0.39 is 11.7 Å². The molecule has 0 bridgehead atoms. The molecule has 0 amide bonds. The topological polar surface area (TPSA) is 37.8 Å². The van der Waals surface area contributed by atoms with Crippen molar-refractivity contribution in [3.8, 4) is 0 Å². The summed E-state index contributed by atoms with van der Waals surface area (Å²) in [5, 5.41) is 2.95. The summed E-state index contributed by atoms with van der Waals surface area (Å²) < 4.78 is 38.0. The van der Waals surface area contributed by atoms with Crippen LogP contribution in [0.4, 0.5) is 24.7 Å². The molecule has 7 heteroatoms. The first kappa shape index (κ1) is 14.8. The normalized spacial score (nSPS) is 11.4. The van der Waals surface area contributed by atoms with Crippen LogP contribution in [0.25, 0.3) is 0 Å². The van der Waals surface area contributed by atoms with Gasteiger partial charge in [0.05, 0.1) is 5.56 Å². The van der Waals surface area contributed by atoms with Crippen LogP contribution in [0.2, 0.25) is 0 Å². The highest BCUT2D eigenvalue weighted by atomic mass is 79.9. The zero-order valence-corrected chi connectivity index (χ0v) is 12.1. The van der Waals surface area contributed by atoms with Crippen molar-refractivity contribution in [1.29, 1.82) is 0 Å². The summed E-state index contributed by atoms with van der Waals surface area (Å²) in [7, 11) is 0. The van der Waals surface area contributed by atoms with E-state index >= 15 is 0 Å². The average molecular weight is 346 g/mol. The van der Waals surface area contributed by atoms with Gasteiger partial charge in [0.1, 0.15) is 16.2 Å². The van der Waals surface area contributed by atoms with Crippen molar-refractivity contribution < 1.29 is 13.2 Å². The predicted octanol–water partition coefficient (Wildman–Crippen LogP) is 4.56. The summed E-state index contributed by atoms with van der Waals surface area (Å²) in [6, 6.07) is 6.45. The summed E-state index contributed by atoms with van der Waals surface area (Å²) in [5.41, 5.74) is -0.146. The first-order valence-corrected chi connectivity index (χ1v) is 6.65. The molecule has 0 saturated heterocycles. The molecule has 0 unspecified atom stereocenters. The summed E-state index contributed by atoms with van der Waals surface area (Å²) in [5.74, 6) is 1.18. The Hall–Kier alpha value is -1.63. The van der Waals surface area contributed by atoms with Crippen LogP contribution in [0.15, 0.2) is 34.9 Å². The summed E-state index contributed by atoms with van der Waals surface area (Å²) in [6.07, 6.45) is -3.66. The van der Waals surface area contributed by atoms with Gasteiger partial charge >= 0.3 is 6.18 Å². The van der Waals surface area contributed by atoms with Gasteiger partial charge in [0.25, 0.3) is 0 Å². The Labute approximate surface area is 122 Å². The minimum Gasteiger partial charge on any atom is -0.340 e. The lowest BCUT2D eigenvalue weighted by Crippen LogP contribution is -2.05. The van der Waals surface area contributed by atoms with Crippen molar-refractivity contribution in [1.82, 2.24) is 9.97 Å². The van der Waals surface area contributed by atoms with Gasteiger partial charge in [0.15, 0.2) is 0 Å². The fourth-order valence-corrected chi connectivity index (χ4v) is 2.00. The number of nitrogens with one attached hydrogen (secondary N) is 1. The number of alkyl halides is 3. The van der Waals surface area contributed by atoms with Crippen LogP contribution in [-0.2, 0) is 12.6 Å². The molecule has 3 nitrogen and oxygen atoms in total. The van der Waals surface area contributed by atoms with Gasteiger partial charge in [0, 0.05) is 18.2 Å². The molecule has 0 atom stereocenters. The Morgan fingerprint density at radius 2 is 1.80 bits per heavy atom. The largest absolute Gasteiger partial charge is 0.416 e. The molecule has 0 fully saturated rings. The Balaban J connectivity index is 2.20. The Bertz CT molecular complexity index is 597. The number of hydrogen-bond donors (Lipinski definition) is 1. The molecular weight excluding hydrogens is 335 g/mol. The van der Waals surface area contributed by atoms with E-state index in [-0.39, 0.29) is 0 Å². The van der Waals surface area contributed by atoms with Crippen molar-refractivity contribution in [3.05, 3.63) is 46.3 Å². The minimum atomic E-state index is -4.33. The third-order valence-electron chi connectivity index (χ3n) is 2.54. The van der Waals surface area contributed by atoms with Gasteiger partial charge < -0.3 is 5.32 Å². The second kappa shape index (κ2) is 5.78. The molecule has 2 rings (SSSR count). The molecule has 2 aromatic rings. The molecule has 1 heterocycles. The summed E-state index contributed by atoms with van der Waals surface area (Å²) >= 11 is 3.26. The van der Waals surface area contributed by atoms with Crippen LogP contribution in [0.1, 0.15) is 18.3 Å². The van der Waals surface area contributed by atoms with Gasteiger partial charge in [0.2, 0.25) is 0 Å². The quantitative estimate of drug-likeness (QED) is 0.828. The van der Waals surface area contributed by atoms with Crippen LogP contribution in [0.3, 0.4) is 0 Å². The van der Waals surface area contributed by atoms with Crippen molar-refractivity contribution in [2.45, 2.75) is 19.5 Å². The van der Waals surface area contributed by atoms with E-state index in [9.17, 15) is 13.2 Å². The van der Waals surface area contributed by atoms with Gasteiger partial charge in [-0.3, -0.25) is 0 Å². The third-order valence-corrected chi connectivity index (χ3v) is 2.95. The molecule has 1 aromatic heterocycles. The number of benzene rings is 1. The van der Waals surface area contributed by atoms with Gasteiger partial charge in [-0.2, -0.15) is 13.2 Å². The minimum absolute atomic E-state index is 0.531. The van der Waals surface area contributed by atoms with Crippen LogP contribution in [-0.4, -0.2) is 9.97 Å². The number of rotatable bonds is 3. The maximum atomic E-state index is 12.5. The van der Waals surface area contributed by atoms with Crippen LogP contribution in [0, 0.1) is 0 Å². The molecule has 1 aromatic carbocycles. The van der Waals surface area contributed by atoms with E-state index in [2.05, 4.69) is 31.2 Å². The lowest BCUT2D eigenvalue weighted by molar-refractivity contribution is -0.137. The lowest BCUT2D eigenvalue weighted by Gasteiger charge is -2.10. The van der Waals surface area contributed by atoms with Crippen molar-refractivity contribution >= 4 is 27.4 Å². The van der Waals surface area contributed by atoms with E-state index in [1.165, 1.54) is 12.1 Å². The van der Waals surface area contributed by atoms with Crippen molar-refractivity contribution in [3.63, 3.8) is 0 Å². The summed E-state index contributed by atoms with van der Waals surface area (Å²) in [4.78, 5) is 8.40. The standard InChI is InChI=1S/C13H11BrF3N3/c1-2-11-19-10(14)7-12(20-11)18-9-5-3-8(4-6-9)13(15,16)17/h3-7H,2H2,1H3,(H,18,19,20). The van der Waals surface area contributed by atoms with Gasteiger partial charge in [-0.1, -0.05) is 6.92 Å². The highest BCUT2D eigenvalue weighted by molar-refractivity contribution is 9.10. The fourth-order valence-electron chi connectivity index (χ4n) is 1.58.